The summed E-state index contributed by atoms with van der Waals surface area (Å²) < 4.78 is 4.71. The van der Waals surface area contributed by atoms with Crippen LogP contribution in [0, 0.1) is 0 Å². The van der Waals surface area contributed by atoms with Crippen molar-refractivity contribution in [2.75, 3.05) is 7.11 Å². The summed E-state index contributed by atoms with van der Waals surface area (Å²) in [6.07, 6.45) is 1.18. The lowest BCUT2D eigenvalue weighted by Crippen LogP contribution is -2.11. The number of carbonyl (C=O) groups is 2. The minimum Gasteiger partial charge on any atom is -0.496 e. The number of aromatic nitrogens is 1. The topological polar surface area (TPSA) is 96.7 Å². The fourth-order valence-electron chi connectivity index (χ4n) is 0.983. The highest BCUT2D eigenvalue weighted by atomic mass is 79.9. The molecule has 0 aliphatic rings. The Morgan fingerprint density at radius 1 is 1.33 bits per heavy atom. The van der Waals surface area contributed by atoms with Gasteiger partial charge in [-0.1, -0.05) is 0 Å². The first-order chi connectivity index (χ1) is 6.57. The number of pyridine rings is 1. The average Bonchev–Trinajstić information content (AvgIpc) is 2.16. The van der Waals surface area contributed by atoms with Gasteiger partial charge in [0.1, 0.15) is 11.3 Å². The van der Waals surface area contributed by atoms with Crippen molar-refractivity contribution in [3.05, 3.63) is 23.5 Å². The van der Waals surface area contributed by atoms with E-state index in [0.717, 1.165) is 0 Å². The van der Waals surface area contributed by atoms with Gasteiger partial charge in [0.25, 0.3) is 0 Å². The third kappa shape index (κ3) is 2.66. The molecular formula is C8H8BrNO5. The van der Waals surface area contributed by atoms with Gasteiger partial charge in [-0.25, -0.2) is 14.6 Å². The second-order valence-corrected chi connectivity index (χ2v) is 2.35. The van der Waals surface area contributed by atoms with Crippen LogP contribution in [0.5, 0.6) is 5.75 Å². The van der Waals surface area contributed by atoms with Gasteiger partial charge in [0.15, 0.2) is 5.69 Å². The maximum absolute atomic E-state index is 10.7. The molecule has 0 spiro atoms. The number of rotatable bonds is 3. The van der Waals surface area contributed by atoms with E-state index in [1.165, 1.54) is 19.4 Å². The van der Waals surface area contributed by atoms with Crippen LogP contribution in [-0.4, -0.2) is 34.2 Å². The Morgan fingerprint density at radius 2 is 1.93 bits per heavy atom. The van der Waals surface area contributed by atoms with Crippen molar-refractivity contribution in [2.24, 2.45) is 0 Å². The van der Waals surface area contributed by atoms with E-state index in [1.807, 2.05) is 0 Å². The van der Waals surface area contributed by atoms with Gasteiger partial charge in [-0.15, -0.1) is 17.0 Å². The van der Waals surface area contributed by atoms with Crippen molar-refractivity contribution in [3.8, 4) is 5.75 Å². The van der Waals surface area contributed by atoms with Crippen LogP contribution >= 0.6 is 17.0 Å². The Labute approximate surface area is 95.3 Å². The summed E-state index contributed by atoms with van der Waals surface area (Å²) in [5.41, 5.74) is -0.973. The molecule has 0 unspecified atom stereocenters. The first-order valence-electron chi connectivity index (χ1n) is 3.57. The second kappa shape index (κ2) is 5.30. The van der Waals surface area contributed by atoms with Gasteiger partial charge in [-0.2, -0.15) is 0 Å². The number of halogens is 1. The molecule has 0 radical (unpaired) electrons. The van der Waals surface area contributed by atoms with Crippen molar-refractivity contribution in [3.63, 3.8) is 0 Å². The van der Waals surface area contributed by atoms with Gasteiger partial charge >= 0.3 is 11.9 Å². The van der Waals surface area contributed by atoms with Crippen LogP contribution in [0.4, 0.5) is 0 Å². The highest BCUT2D eigenvalue weighted by Gasteiger charge is 2.21. The van der Waals surface area contributed by atoms with Crippen LogP contribution in [0.1, 0.15) is 20.8 Å². The largest absolute Gasteiger partial charge is 0.496 e. The standard InChI is InChI=1S/C8H7NO5.BrH/c1-14-4-2-3-9-6(8(12)13)5(4)7(10)11;/h2-3H,1H3,(H,10,11)(H,12,13);1H. The number of carboxylic acids is 2. The predicted molar refractivity (Wildman–Crippen MR) is 55.0 cm³/mol. The molecule has 7 heteroatoms. The monoisotopic (exact) mass is 277 g/mol. The number of aromatic carboxylic acids is 2. The van der Waals surface area contributed by atoms with Gasteiger partial charge in [0, 0.05) is 6.20 Å². The Kier molecular flexibility index (Phi) is 4.72. The quantitative estimate of drug-likeness (QED) is 0.858. The fourth-order valence-corrected chi connectivity index (χ4v) is 0.983. The van der Waals surface area contributed by atoms with Crippen LogP contribution in [0.2, 0.25) is 0 Å². The molecule has 0 saturated heterocycles. The van der Waals surface area contributed by atoms with Crippen LogP contribution in [0.3, 0.4) is 0 Å². The summed E-state index contributed by atoms with van der Waals surface area (Å²) in [5.74, 6) is -2.81. The summed E-state index contributed by atoms with van der Waals surface area (Å²) >= 11 is 0. The maximum atomic E-state index is 10.7. The van der Waals surface area contributed by atoms with Gasteiger partial charge in [0.05, 0.1) is 7.11 Å². The van der Waals surface area contributed by atoms with Crippen molar-refractivity contribution >= 4 is 28.9 Å². The zero-order chi connectivity index (χ0) is 10.7. The number of hydrogen-bond acceptors (Lipinski definition) is 4. The molecule has 0 aliphatic heterocycles. The molecule has 1 rings (SSSR count). The Bertz CT molecular complexity index is 393. The smallest absolute Gasteiger partial charge is 0.355 e. The molecule has 0 bridgehead atoms. The third-order valence-electron chi connectivity index (χ3n) is 1.55. The molecule has 0 saturated carbocycles. The minimum absolute atomic E-state index is 0. The van der Waals surface area contributed by atoms with E-state index >= 15 is 0 Å². The van der Waals surface area contributed by atoms with Crippen LogP contribution in [-0.2, 0) is 0 Å². The molecule has 0 aromatic carbocycles. The number of carboxylic acid groups (broad SMARTS) is 2. The van der Waals surface area contributed by atoms with E-state index in [2.05, 4.69) is 4.98 Å². The van der Waals surface area contributed by atoms with Crippen molar-refractivity contribution in [1.29, 1.82) is 0 Å². The van der Waals surface area contributed by atoms with Crippen molar-refractivity contribution < 1.29 is 24.5 Å². The number of ether oxygens (including phenoxy) is 1. The first-order valence-corrected chi connectivity index (χ1v) is 3.57. The molecule has 2 N–H and O–H groups in total. The van der Waals surface area contributed by atoms with Crippen molar-refractivity contribution in [1.82, 2.24) is 4.98 Å². The molecule has 0 atom stereocenters. The molecule has 82 valence electrons. The Balaban J connectivity index is 0.00000196. The van der Waals surface area contributed by atoms with Crippen LogP contribution < -0.4 is 4.74 Å². The van der Waals surface area contributed by atoms with Gasteiger partial charge in [-0.05, 0) is 6.07 Å². The lowest BCUT2D eigenvalue weighted by Gasteiger charge is -2.05. The van der Waals surface area contributed by atoms with Gasteiger partial charge < -0.3 is 14.9 Å². The van der Waals surface area contributed by atoms with Crippen LogP contribution in [0.15, 0.2) is 12.3 Å². The van der Waals surface area contributed by atoms with E-state index in [0.29, 0.717) is 0 Å². The number of hydrogen-bond donors (Lipinski definition) is 2. The molecule has 6 nitrogen and oxygen atoms in total. The molecule has 0 aliphatic carbocycles. The molecule has 15 heavy (non-hydrogen) atoms. The van der Waals surface area contributed by atoms with E-state index < -0.39 is 23.2 Å². The lowest BCUT2D eigenvalue weighted by molar-refractivity contribution is 0.0643. The highest BCUT2D eigenvalue weighted by Crippen LogP contribution is 2.19. The summed E-state index contributed by atoms with van der Waals surface area (Å²) in [6, 6.07) is 1.29. The molecule has 1 heterocycles. The Morgan fingerprint density at radius 3 is 2.33 bits per heavy atom. The normalized spacial score (nSPS) is 8.87. The summed E-state index contributed by atoms with van der Waals surface area (Å²) in [5, 5.41) is 17.4. The molecular weight excluding hydrogens is 270 g/mol. The molecule has 1 aromatic rings. The SMILES string of the molecule is Br.COc1ccnc(C(=O)O)c1C(=O)O. The maximum Gasteiger partial charge on any atom is 0.355 e. The first kappa shape index (κ1) is 13.4. The van der Waals surface area contributed by atoms with Crippen LogP contribution in [0.25, 0.3) is 0 Å². The highest BCUT2D eigenvalue weighted by molar-refractivity contribution is 8.93. The van der Waals surface area contributed by atoms with E-state index in [4.69, 9.17) is 14.9 Å². The summed E-state index contributed by atoms with van der Waals surface area (Å²) in [4.78, 5) is 24.8. The predicted octanol–water partition coefficient (Wildman–Crippen LogP) is 1.06. The van der Waals surface area contributed by atoms with E-state index in [1.54, 1.807) is 0 Å². The van der Waals surface area contributed by atoms with E-state index in [-0.39, 0.29) is 22.7 Å². The molecule has 0 fully saturated rings. The lowest BCUT2D eigenvalue weighted by atomic mass is 10.2. The zero-order valence-electron chi connectivity index (χ0n) is 7.63. The van der Waals surface area contributed by atoms with Crippen molar-refractivity contribution in [2.45, 2.75) is 0 Å². The van der Waals surface area contributed by atoms with Gasteiger partial charge in [0.2, 0.25) is 0 Å². The molecule has 1 aromatic heterocycles. The minimum atomic E-state index is -1.40. The van der Waals surface area contributed by atoms with E-state index in [9.17, 15) is 9.59 Å². The third-order valence-corrected chi connectivity index (χ3v) is 1.55. The number of nitrogens with zero attached hydrogens (tertiary/aromatic N) is 1. The number of methoxy groups -OCH3 is 1. The summed E-state index contributed by atoms with van der Waals surface area (Å²) in [6.45, 7) is 0. The second-order valence-electron chi connectivity index (χ2n) is 2.35. The fraction of sp³-hybridized carbons (Fsp3) is 0.125. The average molecular weight is 278 g/mol. The zero-order valence-corrected chi connectivity index (χ0v) is 9.34. The summed E-state index contributed by atoms with van der Waals surface area (Å²) in [7, 11) is 1.26. The Hall–Kier alpha value is -1.63. The van der Waals surface area contributed by atoms with Gasteiger partial charge in [-0.3, -0.25) is 0 Å². The molecule has 0 amide bonds.